The zero-order valence-corrected chi connectivity index (χ0v) is 13.3. The van der Waals surface area contributed by atoms with Crippen molar-refractivity contribution < 1.29 is 9.59 Å². The Morgan fingerprint density at radius 2 is 1.92 bits per heavy atom. The number of pyridine rings is 1. The average Bonchev–Trinajstić information content (AvgIpc) is 2.63. The Kier molecular flexibility index (Phi) is 3.57. The van der Waals surface area contributed by atoms with Gasteiger partial charge in [-0.3, -0.25) is 14.6 Å². The number of amides is 2. The highest BCUT2D eigenvalue weighted by molar-refractivity contribution is 6.03. The van der Waals surface area contributed by atoms with E-state index in [9.17, 15) is 9.59 Å². The lowest BCUT2D eigenvalue weighted by molar-refractivity contribution is -0.116. The largest absolute Gasteiger partial charge is 0.368 e. The molecule has 1 aliphatic heterocycles. The van der Waals surface area contributed by atoms with Crippen LogP contribution in [-0.2, 0) is 4.79 Å². The van der Waals surface area contributed by atoms with Gasteiger partial charge in [-0.25, -0.2) is 0 Å². The lowest BCUT2D eigenvalue weighted by Gasteiger charge is -2.38. The maximum atomic E-state index is 12.6. The summed E-state index contributed by atoms with van der Waals surface area (Å²) in [5.41, 5.74) is 8.27. The standard InChI is InChI=1S/C19H16N4O2/c20-16(24)11-23-15-9-2-1-7-13(15)19(25)22-18(23)14-8-3-5-12-6-4-10-21-17(12)14/h1-10,18H,11H2,(H2,20,24)(H,22,25). The molecular formula is C19H16N4O2. The van der Waals surface area contributed by atoms with Crippen LogP contribution in [0.25, 0.3) is 10.9 Å². The Labute approximate surface area is 144 Å². The molecule has 0 saturated heterocycles. The molecule has 6 nitrogen and oxygen atoms in total. The van der Waals surface area contributed by atoms with E-state index < -0.39 is 12.1 Å². The average molecular weight is 332 g/mol. The van der Waals surface area contributed by atoms with Crippen molar-refractivity contribution in [3.05, 3.63) is 71.9 Å². The number of fused-ring (bicyclic) bond motifs is 2. The maximum absolute atomic E-state index is 12.6. The van der Waals surface area contributed by atoms with Gasteiger partial charge in [0.25, 0.3) is 5.91 Å². The third-order valence-electron chi connectivity index (χ3n) is 4.32. The molecule has 1 atom stereocenters. The zero-order chi connectivity index (χ0) is 17.4. The van der Waals surface area contributed by atoms with Gasteiger partial charge in [-0.2, -0.15) is 0 Å². The predicted molar refractivity (Wildman–Crippen MR) is 94.9 cm³/mol. The van der Waals surface area contributed by atoms with E-state index in [0.717, 1.165) is 16.5 Å². The summed E-state index contributed by atoms with van der Waals surface area (Å²) < 4.78 is 0. The van der Waals surface area contributed by atoms with Crippen LogP contribution in [0.2, 0.25) is 0 Å². The van der Waals surface area contributed by atoms with Crippen LogP contribution < -0.4 is 16.0 Å². The molecule has 4 rings (SSSR count). The Morgan fingerprint density at radius 3 is 2.76 bits per heavy atom. The van der Waals surface area contributed by atoms with Gasteiger partial charge < -0.3 is 16.0 Å². The molecule has 0 saturated carbocycles. The van der Waals surface area contributed by atoms with Crippen molar-refractivity contribution in [2.75, 3.05) is 11.4 Å². The Balaban J connectivity index is 1.90. The molecule has 1 unspecified atom stereocenters. The first-order chi connectivity index (χ1) is 12.1. The normalized spacial score (nSPS) is 16.4. The number of carbonyl (C=O) groups is 2. The number of nitrogens with two attached hydrogens (primary N) is 1. The quantitative estimate of drug-likeness (QED) is 0.767. The van der Waals surface area contributed by atoms with Crippen LogP contribution in [0, 0.1) is 0 Å². The van der Waals surface area contributed by atoms with Gasteiger partial charge >= 0.3 is 0 Å². The van der Waals surface area contributed by atoms with Crippen LogP contribution in [0.5, 0.6) is 0 Å². The van der Waals surface area contributed by atoms with Gasteiger partial charge in [0.05, 0.1) is 23.3 Å². The number of primary amides is 1. The number of carbonyl (C=O) groups excluding carboxylic acids is 2. The fraction of sp³-hybridized carbons (Fsp3) is 0.105. The second-order valence-corrected chi connectivity index (χ2v) is 5.91. The fourth-order valence-corrected chi connectivity index (χ4v) is 3.27. The first-order valence-electron chi connectivity index (χ1n) is 7.93. The highest BCUT2D eigenvalue weighted by Crippen LogP contribution is 2.34. The second-order valence-electron chi connectivity index (χ2n) is 5.91. The summed E-state index contributed by atoms with van der Waals surface area (Å²) in [6, 6.07) is 16.8. The van der Waals surface area contributed by atoms with E-state index in [-0.39, 0.29) is 12.5 Å². The summed E-state index contributed by atoms with van der Waals surface area (Å²) in [6.07, 6.45) is 1.19. The van der Waals surface area contributed by atoms with Crippen molar-refractivity contribution in [1.82, 2.24) is 10.3 Å². The monoisotopic (exact) mass is 332 g/mol. The molecule has 124 valence electrons. The van der Waals surface area contributed by atoms with Gasteiger partial charge in [-0.15, -0.1) is 0 Å². The molecule has 0 spiro atoms. The third-order valence-corrected chi connectivity index (χ3v) is 4.32. The number of aromatic nitrogens is 1. The van der Waals surface area contributed by atoms with E-state index in [0.29, 0.717) is 11.3 Å². The van der Waals surface area contributed by atoms with Gasteiger partial charge in [-0.05, 0) is 18.2 Å². The molecule has 0 aliphatic carbocycles. The smallest absolute Gasteiger partial charge is 0.255 e. The van der Waals surface area contributed by atoms with Gasteiger partial charge in [-0.1, -0.05) is 36.4 Å². The number of para-hydroxylation sites is 2. The second kappa shape index (κ2) is 5.90. The number of hydrogen-bond donors (Lipinski definition) is 2. The topological polar surface area (TPSA) is 88.3 Å². The van der Waals surface area contributed by atoms with Crippen molar-refractivity contribution >= 4 is 28.4 Å². The number of nitrogens with one attached hydrogen (secondary N) is 1. The first-order valence-corrected chi connectivity index (χ1v) is 7.93. The molecule has 2 aromatic carbocycles. The molecule has 2 amide bonds. The minimum atomic E-state index is -0.520. The highest BCUT2D eigenvalue weighted by atomic mass is 16.2. The van der Waals surface area contributed by atoms with E-state index >= 15 is 0 Å². The molecule has 3 aromatic rings. The van der Waals surface area contributed by atoms with Crippen molar-refractivity contribution in [2.45, 2.75) is 6.17 Å². The van der Waals surface area contributed by atoms with Crippen LogP contribution in [0.15, 0.2) is 60.8 Å². The van der Waals surface area contributed by atoms with Crippen molar-refractivity contribution in [3.8, 4) is 0 Å². The summed E-state index contributed by atoms with van der Waals surface area (Å²) in [4.78, 5) is 30.5. The summed E-state index contributed by atoms with van der Waals surface area (Å²) in [5.74, 6) is -0.654. The molecule has 1 aliphatic rings. The maximum Gasteiger partial charge on any atom is 0.255 e. The molecule has 6 heteroatoms. The van der Waals surface area contributed by atoms with Crippen LogP contribution in [0.4, 0.5) is 5.69 Å². The number of rotatable bonds is 3. The van der Waals surface area contributed by atoms with Crippen molar-refractivity contribution in [1.29, 1.82) is 0 Å². The zero-order valence-electron chi connectivity index (χ0n) is 13.3. The van der Waals surface area contributed by atoms with Gasteiger partial charge in [0.15, 0.2) is 0 Å². The number of benzene rings is 2. The highest BCUT2D eigenvalue weighted by Gasteiger charge is 2.33. The Hall–Kier alpha value is -3.41. The number of anilines is 1. The van der Waals surface area contributed by atoms with Crippen molar-refractivity contribution in [2.24, 2.45) is 5.73 Å². The number of hydrogen-bond acceptors (Lipinski definition) is 4. The molecule has 1 aromatic heterocycles. The van der Waals surface area contributed by atoms with Crippen LogP contribution >= 0.6 is 0 Å². The molecule has 0 radical (unpaired) electrons. The minimum Gasteiger partial charge on any atom is -0.368 e. The van der Waals surface area contributed by atoms with Gasteiger partial charge in [0.2, 0.25) is 5.91 Å². The lowest BCUT2D eigenvalue weighted by atomic mass is 10.0. The third kappa shape index (κ3) is 2.57. The van der Waals surface area contributed by atoms with E-state index in [1.54, 1.807) is 18.3 Å². The van der Waals surface area contributed by atoms with Gasteiger partial charge in [0, 0.05) is 17.1 Å². The van der Waals surface area contributed by atoms with E-state index in [1.165, 1.54) is 0 Å². The molecular weight excluding hydrogens is 316 g/mol. The van der Waals surface area contributed by atoms with Crippen molar-refractivity contribution in [3.63, 3.8) is 0 Å². The van der Waals surface area contributed by atoms with Gasteiger partial charge in [0.1, 0.15) is 6.17 Å². The molecule has 25 heavy (non-hydrogen) atoms. The molecule has 0 bridgehead atoms. The summed E-state index contributed by atoms with van der Waals surface area (Å²) in [5, 5.41) is 3.94. The van der Waals surface area contributed by atoms with Crippen LogP contribution in [0.3, 0.4) is 0 Å². The van der Waals surface area contributed by atoms with Crippen LogP contribution in [0.1, 0.15) is 22.1 Å². The summed E-state index contributed by atoms with van der Waals surface area (Å²) in [6.45, 7) is -0.00875. The Bertz CT molecular complexity index is 981. The van der Waals surface area contributed by atoms with E-state index in [2.05, 4.69) is 10.3 Å². The number of nitrogens with zero attached hydrogens (tertiary/aromatic N) is 2. The molecule has 3 N–H and O–H groups in total. The molecule has 2 heterocycles. The lowest BCUT2D eigenvalue weighted by Crippen LogP contribution is -2.49. The Morgan fingerprint density at radius 1 is 1.12 bits per heavy atom. The van der Waals surface area contributed by atoms with E-state index in [1.807, 2.05) is 47.4 Å². The van der Waals surface area contributed by atoms with E-state index in [4.69, 9.17) is 5.73 Å². The minimum absolute atomic E-state index is 0.00875. The fourth-order valence-electron chi connectivity index (χ4n) is 3.27. The first kappa shape index (κ1) is 15.1. The summed E-state index contributed by atoms with van der Waals surface area (Å²) >= 11 is 0. The summed E-state index contributed by atoms with van der Waals surface area (Å²) in [7, 11) is 0. The molecule has 0 fully saturated rings. The SMILES string of the molecule is NC(=O)CN1c2ccccc2C(=O)NC1c1cccc2cccnc12. The van der Waals surface area contributed by atoms with Crippen LogP contribution in [-0.4, -0.2) is 23.3 Å². The predicted octanol–water partition coefficient (Wildman–Crippen LogP) is 1.97.